The van der Waals surface area contributed by atoms with Crippen molar-refractivity contribution in [2.75, 3.05) is 13.1 Å². The number of nitrogens with one attached hydrogen (secondary N) is 1. The van der Waals surface area contributed by atoms with Gasteiger partial charge in [0, 0.05) is 11.9 Å². The lowest BCUT2D eigenvalue weighted by molar-refractivity contribution is 0.215. The Morgan fingerprint density at radius 2 is 1.95 bits per heavy atom. The first-order valence-corrected chi connectivity index (χ1v) is 6.87. The number of hydrogen-bond acceptors (Lipinski definition) is 3. The molecule has 1 atom stereocenters. The molecule has 2 aromatic rings. The number of hydrogen-bond donors (Lipinski definition) is 1. The Hall–Kier alpha value is -1.61. The zero-order valence-electron chi connectivity index (χ0n) is 11.9. The molecule has 3 nitrogen and oxygen atoms in total. The van der Waals surface area contributed by atoms with Gasteiger partial charge >= 0.3 is 0 Å². The van der Waals surface area contributed by atoms with Gasteiger partial charge in [0.15, 0.2) is 0 Å². The summed E-state index contributed by atoms with van der Waals surface area (Å²) in [6, 6.07) is 10.1. The molecule has 0 fully saturated rings. The van der Waals surface area contributed by atoms with Crippen molar-refractivity contribution in [1.82, 2.24) is 10.3 Å². The van der Waals surface area contributed by atoms with Gasteiger partial charge in [-0.1, -0.05) is 32.0 Å². The molecule has 0 aliphatic rings. The molecule has 0 bridgehead atoms. The second kappa shape index (κ2) is 6.53. The monoisotopic (exact) mass is 258 g/mol. The third-order valence-electron chi connectivity index (χ3n) is 2.89. The van der Waals surface area contributed by atoms with Crippen molar-refractivity contribution >= 4 is 10.9 Å². The molecule has 0 aliphatic carbocycles. The van der Waals surface area contributed by atoms with Crippen LogP contribution in [0.4, 0.5) is 0 Å². The van der Waals surface area contributed by atoms with E-state index >= 15 is 0 Å². The zero-order valence-corrected chi connectivity index (χ0v) is 11.9. The predicted octanol–water partition coefficient (Wildman–Crippen LogP) is 3.25. The lowest BCUT2D eigenvalue weighted by Crippen LogP contribution is -2.31. The summed E-state index contributed by atoms with van der Waals surface area (Å²) in [6.45, 7) is 8.34. The maximum Gasteiger partial charge on any atom is 0.138 e. The highest BCUT2D eigenvalue weighted by Gasteiger charge is 2.05. The van der Waals surface area contributed by atoms with Gasteiger partial charge in [0.2, 0.25) is 0 Å². The Labute approximate surface area is 115 Å². The van der Waals surface area contributed by atoms with Gasteiger partial charge in [-0.15, -0.1) is 0 Å². The van der Waals surface area contributed by atoms with Crippen LogP contribution in [0.2, 0.25) is 0 Å². The van der Waals surface area contributed by atoms with Crippen LogP contribution in [0, 0.1) is 5.92 Å². The Bertz CT molecular complexity index is 525. The highest BCUT2D eigenvalue weighted by atomic mass is 16.5. The summed E-state index contributed by atoms with van der Waals surface area (Å²) in [6.07, 6.45) is 1.93. The van der Waals surface area contributed by atoms with Crippen LogP contribution < -0.4 is 10.1 Å². The minimum Gasteiger partial charge on any atom is -0.488 e. The summed E-state index contributed by atoms with van der Waals surface area (Å²) in [4.78, 5) is 4.40. The topological polar surface area (TPSA) is 34.1 Å². The highest BCUT2D eigenvalue weighted by Crippen LogP contribution is 2.18. The van der Waals surface area contributed by atoms with Crippen molar-refractivity contribution in [1.29, 1.82) is 0 Å². The van der Waals surface area contributed by atoms with Gasteiger partial charge in [-0.25, -0.2) is 0 Å². The van der Waals surface area contributed by atoms with Crippen LogP contribution in [0.15, 0.2) is 36.5 Å². The third kappa shape index (κ3) is 4.21. The van der Waals surface area contributed by atoms with Crippen molar-refractivity contribution in [3.05, 3.63) is 36.5 Å². The first-order valence-electron chi connectivity index (χ1n) is 6.87. The van der Waals surface area contributed by atoms with Crippen LogP contribution in [-0.2, 0) is 0 Å². The lowest BCUT2D eigenvalue weighted by Gasteiger charge is -2.16. The predicted molar refractivity (Wildman–Crippen MR) is 79.5 cm³/mol. The van der Waals surface area contributed by atoms with E-state index < -0.39 is 0 Å². The number of pyridine rings is 1. The van der Waals surface area contributed by atoms with Crippen molar-refractivity contribution in [3.63, 3.8) is 0 Å². The molecule has 2 rings (SSSR count). The quantitative estimate of drug-likeness (QED) is 0.863. The Kier molecular flexibility index (Phi) is 4.74. The molecule has 0 aliphatic heterocycles. The second-order valence-corrected chi connectivity index (χ2v) is 5.34. The molecule has 0 saturated heterocycles. The van der Waals surface area contributed by atoms with Crippen LogP contribution in [0.1, 0.15) is 20.8 Å². The van der Waals surface area contributed by atoms with Gasteiger partial charge < -0.3 is 10.1 Å². The van der Waals surface area contributed by atoms with Crippen molar-refractivity contribution in [2.45, 2.75) is 26.9 Å². The molecule has 1 N–H and O–H groups in total. The van der Waals surface area contributed by atoms with E-state index in [4.69, 9.17) is 4.74 Å². The second-order valence-electron chi connectivity index (χ2n) is 5.34. The maximum absolute atomic E-state index is 5.88. The molecule has 3 heteroatoms. The smallest absolute Gasteiger partial charge is 0.138 e. The fourth-order valence-corrected chi connectivity index (χ4v) is 1.96. The average molecular weight is 258 g/mol. The summed E-state index contributed by atoms with van der Waals surface area (Å²) in [5.41, 5.74) is 1.00. The van der Waals surface area contributed by atoms with E-state index in [9.17, 15) is 0 Å². The molecular formula is C16H22N2O. The maximum atomic E-state index is 5.88. The molecule has 19 heavy (non-hydrogen) atoms. The van der Waals surface area contributed by atoms with E-state index in [2.05, 4.69) is 37.1 Å². The largest absolute Gasteiger partial charge is 0.488 e. The molecule has 1 unspecified atom stereocenters. The molecular weight excluding hydrogens is 236 g/mol. The molecule has 0 radical (unpaired) electrons. The summed E-state index contributed by atoms with van der Waals surface area (Å²) >= 11 is 0. The van der Waals surface area contributed by atoms with E-state index in [1.54, 1.807) is 6.20 Å². The van der Waals surface area contributed by atoms with Gasteiger partial charge in [-0.3, -0.25) is 4.98 Å². The van der Waals surface area contributed by atoms with Gasteiger partial charge in [-0.05, 0) is 31.5 Å². The minimum absolute atomic E-state index is 0.140. The Morgan fingerprint density at radius 3 is 2.74 bits per heavy atom. The van der Waals surface area contributed by atoms with Crippen LogP contribution in [0.5, 0.6) is 5.75 Å². The van der Waals surface area contributed by atoms with E-state index in [1.807, 2.05) is 24.3 Å². The molecule has 1 heterocycles. The summed E-state index contributed by atoms with van der Waals surface area (Å²) in [5.74, 6) is 1.49. The molecule has 102 valence electrons. The number of rotatable bonds is 6. The normalized spacial score (nSPS) is 12.8. The first kappa shape index (κ1) is 13.8. The Balaban J connectivity index is 1.93. The molecule has 1 aromatic heterocycles. The zero-order chi connectivity index (χ0) is 13.7. The SMILES string of the molecule is CC(C)CNCC(C)Oc1cnc2ccccc2c1. The summed E-state index contributed by atoms with van der Waals surface area (Å²) in [5, 5.41) is 4.51. The Morgan fingerprint density at radius 1 is 1.16 bits per heavy atom. The van der Waals surface area contributed by atoms with Gasteiger partial charge in [0.1, 0.15) is 11.9 Å². The molecule has 0 saturated carbocycles. The fraction of sp³-hybridized carbons (Fsp3) is 0.438. The van der Waals surface area contributed by atoms with E-state index in [0.29, 0.717) is 5.92 Å². The van der Waals surface area contributed by atoms with E-state index in [1.165, 1.54) is 0 Å². The number of aromatic nitrogens is 1. The number of ether oxygens (including phenoxy) is 1. The highest BCUT2D eigenvalue weighted by molar-refractivity contribution is 5.79. The van der Waals surface area contributed by atoms with Crippen LogP contribution in [0.25, 0.3) is 10.9 Å². The van der Waals surface area contributed by atoms with Crippen molar-refractivity contribution in [3.8, 4) is 5.75 Å². The number of para-hydroxylation sites is 1. The standard InChI is InChI=1S/C16H22N2O/c1-12(2)9-17-10-13(3)19-15-8-14-6-4-5-7-16(14)18-11-15/h4-8,11-13,17H,9-10H2,1-3H3. The number of benzene rings is 1. The van der Waals surface area contributed by atoms with Crippen molar-refractivity contribution < 1.29 is 4.74 Å². The van der Waals surface area contributed by atoms with Crippen LogP contribution in [0.3, 0.4) is 0 Å². The first-order chi connectivity index (χ1) is 9.15. The number of nitrogens with zero attached hydrogens (tertiary/aromatic N) is 1. The molecule has 0 spiro atoms. The molecule has 1 aromatic carbocycles. The summed E-state index contributed by atoms with van der Waals surface area (Å²) < 4.78 is 5.88. The third-order valence-corrected chi connectivity index (χ3v) is 2.89. The summed E-state index contributed by atoms with van der Waals surface area (Å²) in [7, 11) is 0. The van der Waals surface area contributed by atoms with E-state index in [0.717, 1.165) is 29.7 Å². The lowest BCUT2D eigenvalue weighted by atomic mass is 10.2. The van der Waals surface area contributed by atoms with Crippen LogP contribution in [-0.4, -0.2) is 24.2 Å². The van der Waals surface area contributed by atoms with E-state index in [-0.39, 0.29) is 6.10 Å². The fourth-order valence-electron chi connectivity index (χ4n) is 1.96. The van der Waals surface area contributed by atoms with Crippen LogP contribution >= 0.6 is 0 Å². The van der Waals surface area contributed by atoms with Gasteiger partial charge in [-0.2, -0.15) is 0 Å². The van der Waals surface area contributed by atoms with Gasteiger partial charge in [0.05, 0.1) is 11.7 Å². The average Bonchev–Trinajstić information content (AvgIpc) is 2.38. The van der Waals surface area contributed by atoms with Gasteiger partial charge in [0.25, 0.3) is 0 Å². The minimum atomic E-state index is 0.140. The van der Waals surface area contributed by atoms with Crippen molar-refractivity contribution in [2.24, 2.45) is 5.92 Å². The molecule has 0 amide bonds. The number of fused-ring (bicyclic) bond motifs is 1.